The van der Waals surface area contributed by atoms with Crippen LogP contribution in [-0.4, -0.2) is 42.5 Å². The van der Waals surface area contributed by atoms with Gasteiger partial charge in [-0.3, -0.25) is 14.5 Å². The van der Waals surface area contributed by atoms with Gasteiger partial charge in [-0.25, -0.2) is 0 Å². The molecule has 1 fully saturated rings. The van der Waals surface area contributed by atoms with Crippen molar-refractivity contribution in [2.75, 3.05) is 13.7 Å². The van der Waals surface area contributed by atoms with Crippen molar-refractivity contribution in [3.8, 4) is 11.5 Å². The summed E-state index contributed by atoms with van der Waals surface area (Å²) in [5.41, 5.74) is 2.16. The smallest absolute Gasteiger partial charge is 0.261 e. The average molecular weight is 408 g/mol. The average Bonchev–Trinajstić information content (AvgIpc) is 3.04. The van der Waals surface area contributed by atoms with E-state index < -0.39 is 0 Å². The van der Waals surface area contributed by atoms with E-state index in [-0.39, 0.29) is 23.9 Å². The number of hydrogen-bond acceptors (Lipinski definition) is 5. The van der Waals surface area contributed by atoms with Gasteiger partial charge in [0.1, 0.15) is 0 Å². The summed E-state index contributed by atoms with van der Waals surface area (Å²) in [5.74, 6) is 1.16. The molecule has 0 aromatic heterocycles. The van der Waals surface area contributed by atoms with Gasteiger partial charge in [0.25, 0.3) is 11.8 Å². The van der Waals surface area contributed by atoms with Gasteiger partial charge >= 0.3 is 0 Å². The number of carbonyl (C=O) groups excluding carboxylic acids is 2. The van der Waals surface area contributed by atoms with E-state index in [0.717, 1.165) is 42.7 Å². The molecule has 6 heteroatoms. The van der Waals surface area contributed by atoms with Crippen LogP contribution >= 0.6 is 0 Å². The molecule has 1 N–H and O–H groups in total. The molecule has 1 heterocycles. The minimum atomic E-state index is -0.155. The number of rotatable bonds is 7. The summed E-state index contributed by atoms with van der Waals surface area (Å²) in [6.45, 7) is 3.24. The largest absolute Gasteiger partial charge is 0.493 e. The maximum absolute atomic E-state index is 12.8. The zero-order valence-corrected chi connectivity index (χ0v) is 17.5. The first-order valence-corrected chi connectivity index (χ1v) is 10.6. The monoisotopic (exact) mass is 408 g/mol. The SMILES string of the molecule is CCOc1ccc(CN[C@@H]2CCC[C@@H](N3C(=O)c4ccccc4C3=O)C2)cc1OC. The molecule has 0 spiro atoms. The fourth-order valence-electron chi connectivity index (χ4n) is 4.48. The summed E-state index contributed by atoms with van der Waals surface area (Å²) in [6.07, 6.45) is 3.66. The van der Waals surface area contributed by atoms with Crippen LogP contribution in [0.15, 0.2) is 42.5 Å². The summed E-state index contributed by atoms with van der Waals surface area (Å²) in [6, 6.07) is 13.3. The van der Waals surface area contributed by atoms with E-state index in [2.05, 4.69) is 5.32 Å². The zero-order valence-electron chi connectivity index (χ0n) is 17.5. The van der Waals surface area contributed by atoms with Crippen molar-refractivity contribution in [3.05, 3.63) is 59.2 Å². The third-order valence-corrected chi connectivity index (χ3v) is 5.96. The second-order valence-electron chi connectivity index (χ2n) is 7.84. The fourth-order valence-corrected chi connectivity index (χ4v) is 4.48. The van der Waals surface area contributed by atoms with Crippen molar-refractivity contribution >= 4 is 11.8 Å². The number of ether oxygens (including phenoxy) is 2. The van der Waals surface area contributed by atoms with Gasteiger partial charge in [0.05, 0.1) is 24.8 Å². The highest BCUT2D eigenvalue weighted by Gasteiger charge is 2.41. The van der Waals surface area contributed by atoms with Crippen LogP contribution < -0.4 is 14.8 Å². The summed E-state index contributed by atoms with van der Waals surface area (Å²) in [4.78, 5) is 27.1. The molecule has 4 rings (SSSR count). The molecule has 158 valence electrons. The fraction of sp³-hybridized carbons (Fsp3) is 0.417. The number of amides is 2. The third-order valence-electron chi connectivity index (χ3n) is 5.96. The Labute approximate surface area is 177 Å². The predicted molar refractivity (Wildman–Crippen MR) is 114 cm³/mol. The molecule has 0 unspecified atom stereocenters. The van der Waals surface area contributed by atoms with Crippen molar-refractivity contribution in [3.63, 3.8) is 0 Å². The van der Waals surface area contributed by atoms with E-state index >= 15 is 0 Å². The molecule has 1 saturated carbocycles. The minimum absolute atomic E-state index is 0.0569. The highest BCUT2D eigenvalue weighted by molar-refractivity contribution is 6.21. The Morgan fingerprint density at radius 3 is 2.43 bits per heavy atom. The summed E-state index contributed by atoms with van der Waals surface area (Å²) in [7, 11) is 1.64. The van der Waals surface area contributed by atoms with Crippen LogP contribution in [-0.2, 0) is 6.54 Å². The predicted octanol–water partition coefficient (Wildman–Crippen LogP) is 3.79. The topological polar surface area (TPSA) is 67.9 Å². The normalized spacial score (nSPS) is 20.9. The molecule has 2 aromatic carbocycles. The quantitative estimate of drug-likeness (QED) is 0.706. The van der Waals surface area contributed by atoms with Crippen LogP contribution in [0.3, 0.4) is 0 Å². The van der Waals surface area contributed by atoms with E-state index in [9.17, 15) is 9.59 Å². The summed E-state index contributed by atoms with van der Waals surface area (Å²) in [5, 5.41) is 3.60. The van der Waals surface area contributed by atoms with Crippen LogP contribution in [0.2, 0.25) is 0 Å². The number of nitrogens with one attached hydrogen (secondary N) is 1. The van der Waals surface area contributed by atoms with Crippen molar-refractivity contribution in [1.82, 2.24) is 10.2 Å². The number of carbonyl (C=O) groups is 2. The van der Waals surface area contributed by atoms with Gasteiger partial charge in [-0.2, -0.15) is 0 Å². The van der Waals surface area contributed by atoms with Crippen molar-refractivity contribution in [2.24, 2.45) is 0 Å². The minimum Gasteiger partial charge on any atom is -0.493 e. The van der Waals surface area contributed by atoms with Crippen LogP contribution in [0.25, 0.3) is 0 Å². The lowest BCUT2D eigenvalue weighted by Crippen LogP contribution is -2.46. The Morgan fingerprint density at radius 2 is 1.77 bits per heavy atom. The van der Waals surface area contributed by atoms with Gasteiger partial charge in [-0.1, -0.05) is 18.2 Å². The van der Waals surface area contributed by atoms with Crippen LogP contribution in [0.4, 0.5) is 0 Å². The molecular formula is C24H28N2O4. The molecule has 1 aliphatic carbocycles. The Balaban J connectivity index is 1.40. The highest BCUT2D eigenvalue weighted by Crippen LogP contribution is 2.32. The highest BCUT2D eigenvalue weighted by atomic mass is 16.5. The second-order valence-corrected chi connectivity index (χ2v) is 7.84. The van der Waals surface area contributed by atoms with Gasteiger partial charge in [-0.05, 0) is 62.4 Å². The van der Waals surface area contributed by atoms with Gasteiger partial charge in [0, 0.05) is 18.6 Å². The Bertz CT molecular complexity index is 908. The molecule has 2 aliphatic rings. The third kappa shape index (κ3) is 3.92. The lowest BCUT2D eigenvalue weighted by Gasteiger charge is -2.34. The first-order chi connectivity index (χ1) is 14.6. The van der Waals surface area contributed by atoms with Gasteiger partial charge in [-0.15, -0.1) is 0 Å². The van der Waals surface area contributed by atoms with Crippen molar-refractivity contribution < 1.29 is 19.1 Å². The summed E-state index contributed by atoms with van der Waals surface area (Å²) >= 11 is 0. The van der Waals surface area contributed by atoms with E-state index in [4.69, 9.17) is 9.47 Å². The Kier molecular flexibility index (Phi) is 6.04. The van der Waals surface area contributed by atoms with Crippen molar-refractivity contribution in [2.45, 2.75) is 51.2 Å². The van der Waals surface area contributed by atoms with Gasteiger partial charge in [0.2, 0.25) is 0 Å². The molecule has 2 amide bonds. The van der Waals surface area contributed by atoms with Gasteiger partial charge in [0.15, 0.2) is 11.5 Å². The zero-order chi connectivity index (χ0) is 21.1. The van der Waals surface area contributed by atoms with Crippen LogP contribution in [0.1, 0.15) is 58.9 Å². The standard InChI is InChI=1S/C24H28N2O4/c1-3-30-21-12-11-16(13-22(21)29-2)15-25-17-7-6-8-18(14-17)26-23(27)19-9-4-5-10-20(19)24(26)28/h4-5,9-13,17-18,25H,3,6-8,14-15H2,1-2H3/t17-,18-/m1/s1. The van der Waals surface area contributed by atoms with Crippen molar-refractivity contribution in [1.29, 1.82) is 0 Å². The number of benzene rings is 2. The molecule has 30 heavy (non-hydrogen) atoms. The number of methoxy groups -OCH3 is 1. The van der Waals surface area contributed by atoms with E-state index in [1.165, 1.54) is 4.90 Å². The lowest BCUT2D eigenvalue weighted by molar-refractivity contribution is 0.0533. The molecule has 0 bridgehead atoms. The van der Waals surface area contributed by atoms with Gasteiger partial charge < -0.3 is 14.8 Å². The molecule has 6 nitrogen and oxygen atoms in total. The number of imide groups is 1. The molecule has 2 aromatic rings. The second kappa shape index (κ2) is 8.88. The van der Waals surface area contributed by atoms with Crippen LogP contribution in [0.5, 0.6) is 11.5 Å². The van der Waals surface area contributed by atoms with E-state index in [1.54, 1.807) is 19.2 Å². The molecular weight excluding hydrogens is 380 g/mol. The number of hydrogen-bond donors (Lipinski definition) is 1. The summed E-state index contributed by atoms with van der Waals surface area (Å²) < 4.78 is 11.0. The van der Waals surface area contributed by atoms with E-state index in [1.807, 2.05) is 37.3 Å². The molecule has 1 aliphatic heterocycles. The molecule has 0 radical (unpaired) electrons. The van der Waals surface area contributed by atoms with Crippen LogP contribution in [0, 0.1) is 0 Å². The number of fused-ring (bicyclic) bond motifs is 1. The molecule has 0 saturated heterocycles. The Hall–Kier alpha value is -2.86. The maximum atomic E-state index is 12.8. The first-order valence-electron chi connectivity index (χ1n) is 10.6. The lowest BCUT2D eigenvalue weighted by atomic mass is 9.89. The van der Waals surface area contributed by atoms with E-state index in [0.29, 0.717) is 24.3 Å². The molecule has 2 atom stereocenters. The number of nitrogens with zero attached hydrogens (tertiary/aromatic N) is 1. The Morgan fingerprint density at radius 1 is 1.03 bits per heavy atom. The first kappa shape index (κ1) is 20.4. The maximum Gasteiger partial charge on any atom is 0.261 e.